The number of ether oxygens (including phenoxy) is 2. The summed E-state index contributed by atoms with van der Waals surface area (Å²) in [4.78, 5) is 32.1. The van der Waals surface area contributed by atoms with E-state index >= 15 is 4.39 Å². The van der Waals surface area contributed by atoms with Crippen LogP contribution >= 0.6 is 0 Å². The highest BCUT2D eigenvalue weighted by Crippen LogP contribution is 2.41. The molecule has 42 heavy (non-hydrogen) atoms. The van der Waals surface area contributed by atoms with Gasteiger partial charge in [-0.25, -0.2) is 22.4 Å². The van der Waals surface area contributed by atoms with Crippen molar-refractivity contribution in [2.75, 3.05) is 5.75 Å². The van der Waals surface area contributed by atoms with Gasteiger partial charge in [-0.2, -0.15) is 4.90 Å². The molecular weight excluding hydrogens is 566 g/mol. The lowest BCUT2D eigenvalue weighted by molar-refractivity contribution is 0.00578. The molecule has 0 saturated carbocycles. The van der Waals surface area contributed by atoms with Gasteiger partial charge in [-0.3, -0.25) is 4.99 Å². The number of carbonyl (C=O) groups is 2. The quantitative estimate of drug-likeness (QED) is 0.424. The van der Waals surface area contributed by atoms with Crippen LogP contribution in [0.25, 0.3) is 0 Å². The van der Waals surface area contributed by atoms with Gasteiger partial charge >= 0.3 is 19.3 Å². The van der Waals surface area contributed by atoms with Crippen molar-refractivity contribution in [3.05, 3.63) is 29.6 Å². The number of aliphatic imine (C=N–C) groups is 1. The number of halogens is 1. The van der Waals surface area contributed by atoms with Crippen molar-refractivity contribution in [2.24, 2.45) is 4.99 Å². The number of imide groups is 1. The first-order valence-electron chi connectivity index (χ1n) is 13.9. The van der Waals surface area contributed by atoms with E-state index in [0.717, 1.165) is 0 Å². The summed E-state index contributed by atoms with van der Waals surface area (Å²) in [6.07, 6.45) is -2.34. The summed E-state index contributed by atoms with van der Waals surface area (Å²) in [5.74, 6) is -1.77. The Kier molecular flexibility index (Phi) is 8.33. The topological polar surface area (TPSA) is 121 Å². The Hall–Kier alpha value is -2.51. The minimum absolute atomic E-state index is 0.0698. The molecule has 0 radical (unpaired) electrons. The van der Waals surface area contributed by atoms with Gasteiger partial charge in [0.25, 0.3) is 0 Å². The van der Waals surface area contributed by atoms with Crippen molar-refractivity contribution >= 4 is 40.4 Å². The molecule has 3 rings (SSSR count). The molecule has 2 aliphatic rings. The highest BCUT2D eigenvalue weighted by molar-refractivity contribution is 7.93. The monoisotopic (exact) mass is 610 g/mol. The van der Waals surface area contributed by atoms with Crippen LogP contribution in [0.3, 0.4) is 0 Å². The Bertz CT molecular complexity index is 1370. The zero-order valence-electron chi connectivity index (χ0n) is 27.0. The third-order valence-electron chi connectivity index (χ3n) is 7.60. The fraction of sp³-hybridized carbons (Fsp3) is 0.690. The summed E-state index contributed by atoms with van der Waals surface area (Å²) in [7, 11) is -5.02. The maximum Gasteiger partial charge on any atom is 0.494 e. The average molecular weight is 611 g/mol. The van der Waals surface area contributed by atoms with Crippen LogP contribution < -0.4 is 5.46 Å². The van der Waals surface area contributed by atoms with E-state index < -0.39 is 79.2 Å². The second-order valence-electron chi connectivity index (χ2n) is 14.6. The molecule has 0 aromatic heterocycles. The summed E-state index contributed by atoms with van der Waals surface area (Å²) in [6.45, 7) is 21.2. The zero-order valence-corrected chi connectivity index (χ0v) is 27.8. The van der Waals surface area contributed by atoms with Gasteiger partial charge in [-0.05, 0) is 102 Å². The van der Waals surface area contributed by atoms with Gasteiger partial charge in [0.2, 0.25) is 0 Å². The molecule has 0 bridgehead atoms. The number of nitrogens with zero attached hydrogens (tertiary/aromatic N) is 2. The van der Waals surface area contributed by atoms with Gasteiger partial charge in [0.1, 0.15) is 33.1 Å². The predicted octanol–water partition coefficient (Wildman–Crippen LogP) is 5.12. The van der Waals surface area contributed by atoms with Crippen LogP contribution in [0.4, 0.5) is 14.0 Å². The molecule has 0 unspecified atom stereocenters. The van der Waals surface area contributed by atoms with Gasteiger partial charge in [-0.15, -0.1) is 0 Å². The molecule has 1 aromatic rings. The molecule has 2 heterocycles. The second-order valence-corrected chi connectivity index (χ2v) is 17.1. The van der Waals surface area contributed by atoms with Crippen LogP contribution in [0.2, 0.25) is 0 Å². The van der Waals surface area contributed by atoms with Crippen molar-refractivity contribution in [1.29, 1.82) is 0 Å². The van der Waals surface area contributed by atoms with E-state index in [-0.39, 0.29) is 5.56 Å². The smallest absolute Gasteiger partial charge is 0.443 e. The summed E-state index contributed by atoms with van der Waals surface area (Å²) in [5, 5.41) is 0. The van der Waals surface area contributed by atoms with E-state index in [9.17, 15) is 18.0 Å². The van der Waals surface area contributed by atoms with Crippen LogP contribution in [-0.4, -0.2) is 71.4 Å². The van der Waals surface area contributed by atoms with E-state index in [4.69, 9.17) is 18.8 Å². The van der Waals surface area contributed by atoms with Crippen molar-refractivity contribution in [1.82, 2.24) is 4.90 Å². The maximum atomic E-state index is 15.6. The molecule has 0 spiro atoms. The number of amides is 2. The molecule has 1 aromatic carbocycles. The van der Waals surface area contributed by atoms with Crippen molar-refractivity contribution in [3.8, 4) is 0 Å². The van der Waals surface area contributed by atoms with Gasteiger partial charge in [-0.1, -0.05) is 12.1 Å². The van der Waals surface area contributed by atoms with E-state index in [0.29, 0.717) is 10.4 Å². The van der Waals surface area contributed by atoms with Crippen LogP contribution in [-0.2, 0) is 34.2 Å². The Morgan fingerprint density at radius 1 is 0.905 bits per heavy atom. The van der Waals surface area contributed by atoms with Crippen LogP contribution in [0.1, 0.15) is 95.6 Å². The van der Waals surface area contributed by atoms with Crippen LogP contribution in [0.15, 0.2) is 23.2 Å². The fourth-order valence-electron chi connectivity index (χ4n) is 4.49. The second kappa shape index (κ2) is 10.3. The Morgan fingerprint density at radius 3 is 1.79 bits per heavy atom. The van der Waals surface area contributed by atoms with Crippen LogP contribution in [0.5, 0.6) is 0 Å². The Labute approximate surface area is 249 Å². The number of sulfone groups is 1. The fourth-order valence-corrected chi connectivity index (χ4v) is 6.23. The lowest BCUT2D eigenvalue weighted by Crippen LogP contribution is -2.61. The molecule has 10 nitrogen and oxygen atoms in total. The molecule has 1 fully saturated rings. The normalized spacial score (nSPS) is 24.5. The third kappa shape index (κ3) is 6.52. The van der Waals surface area contributed by atoms with Crippen molar-refractivity contribution in [2.45, 2.75) is 123 Å². The van der Waals surface area contributed by atoms with E-state index in [1.165, 1.54) is 39.0 Å². The zero-order chi connectivity index (χ0) is 32.5. The first-order chi connectivity index (χ1) is 18.6. The van der Waals surface area contributed by atoms with Crippen molar-refractivity contribution in [3.63, 3.8) is 0 Å². The summed E-state index contributed by atoms with van der Waals surface area (Å²) in [6, 6.07) is 4.16. The summed E-state index contributed by atoms with van der Waals surface area (Å²) < 4.78 is 64.7. The molecule has 234 valence electrons. The van der Waals surface area contributed by atoms with Crippen LogP contribution in [0, 0.1) is 5.82 Å². The molecule has 0 N–H and O–H groups in total. The van der Waals surface area contributed by atoms with Gasteiger partial charge in [0.15, 0.2) is 9.84 Å². The van der Waals surface area contributed by atoms with E-state index in [2.05, 4.69) is 4.99 Å². The first kappa shape index (κ1) is 34.0. The third-order valence-corrected chi connectivity index (χ3v) is 10.3. The summed E-state index contributed by atoms with van der Waals surface area (Å²) in [5.41, 5.74) is -4.77. The molecule has 13 heteroatoms. The van der Waals surface area contributed by atoms with E-state index in [1.54, 1.807) is 41.5 Å². The molecule has 1 saturated heterocycles. The SMILES string of the molecule is CC(C)(C)OC(=O)N(C(=O)OC(C)(C)C)C1=N[C@](C)(c2cc(B3OC(C)(C)C(C)(C)O3)ccc2F)CS(=O)(=O)C1(C)C. The lowest BCUT2D eigenvalue weighted by atomic mass is 9.76. The number of hydrogen-bond donors (Lipinski definition) is 0. The molecule has 2 aliphatic heterocycles. The largest absolute Gasteiger partial charge is 0.494 e. The minimum atomic E-state index is -4.17. The van der Waals surface area contributed by atoms with Crippen molar-refractivity contribution < 1.29 is 41.2 Å². The molecule has 2 amide bonds. The Balaban J connectivity index is 2.25. The number of carbonyl (C=O) groups excluding carboxylic acids is 2. The van der Waals surface area contributed by atoms with Gasteiger partial charge in [0, 0.05) is 5.56 Å². The number of rotatable bonds is 2. The first-order valence-corrected chi connectivity index (χ1v) is 15.5. The number of amidine groups is 1. The highest BCUT2D eigenvalue weighted by atomic mass is 32.2. The minimum Gasteiger partial charge on any atom is -0.443 e. The average Bonchev–Trinajstić information content (AvgIpc) is 2.96. The standard InChI is InChI=1S/C29H44BFN2O8S/c1-24(2,3)38-22(34)33(23(35)39-25(4,5)6)21-26(7,8)42(36,37)17-29(13,32-21)19-16-18(14-15-20(19)31)30-40-27(9,10)28(11,12)41-30/h14-16H,17H2,1-13H3/t29-/m0/s1. The van der Waals surface area contributed by atoms with Gasteiger partial charge in [0.05, 0.1) is 17.0 Å². The number of hydrogen-bond acceptors (Lipinski definition) is 9. The lowest BCUT2D eigenvalue weighted by Gasteiger charge is -2.42. The van der Waals surface area contributed by atoms with E-state index in [1.807, 2.05) is 27.7 Å². The number of benzene rings is 1. The molecule has 0 aliphatic carbocycles. The summed E-state index contributed by atoms with van der Waals surface area (Å²) >= 11 is 0. The Morgan fingerprint density at radius 2 is 1.36 bits per heavy atom. The highest BCUT2D eigenvalue weighted by Gasteiger charge is 2.56. The maximum absolute atomic E-state index is 15.6. The predicted molar refractivity (Wildman–Crippen MR) is 159 cm³/mol. The van der Waals surface area contributed by atoms with Gasteiger partial charge < -0.3 is 18.8 Å². The molecule has 1 atom stereocenters. The molecular formula is C29H44BFN2O8S.